The summed E-state index contributed by atoms with van der Waals surface area (Å²) in [6, 6.07) is 0.570. The van der Waals surface area contributed by atoms with Crippen molar-refractivity contribution >= 4 is 0 Å². The van der Waals surface area contributed by atoms with Gasteiger partial charge in [-0.2, -0.15) is 0 Å². The quantitative estimate of drug-likeness (QED) is 0.844. The van der Waals surface area contributed by atoms with Gasteiger partial charge in [0.1, 0.15) is 0 Å². The van der Waals surface area contributed by atoms with Crippen molar-refractivity contribution in [3.05, 3.63) is 0 Å². The second kappa shape index (κ2) is 5.32. The van der Waals surface area contributed by atoms with Gasteiger partial charge in [0.25, 0.3) is 0 Å². The molecule has 1 spiro atoms. The summed E-state index contributed by atoms with van der Waals surface area (Å²) in [5.41, 5.74) is -0.354. The molecular formula is C15H27NO3. The lowest BCUT2D eigenvalue weighted by Crippen LogP contribution is -2.54. The van der Waals surface area contributed by atoms with E-state index in [1.54, 1.807) is 0 Å². The minimum Gasteiger partial charge on any atom is -0.388 e. The number of likely N-dealkylation sites (N-methyl/N-ethyl adjacent to an activating group) is 1. The first-order valence-corrected chi connectivity index (χ1v) is 7.75. The zero-order chi connectivity index (χ0) is 13.3. The average molecular weight is 269 g/mol. The van der Waals surface area contributed by atoms with Crippen LogP contribution in [-0.2, 0) is 9.47 Å². The van der Waals surface area contributed by atoms with Crippen LogP contribution in [0.25, 0.3) is 0 Å². The Bertz CT molecular complexity index is 311. The van der Waals surface area contributed by atoms with E-state index in [1.807, 2.05) is 0 Å². The Labute approximate surface area is 116 Å². The predicted molar refractivity (Wildman–Crippen MR) is 73.2 cm³/mol. The Balaban J connectivity index is 1.55. The molecule has 110 valence electrons. The van der Waals surface area contributed by atoms with Gasteiger partial charge in [0.15, 0.2) is 0 Å². The van der Waals surface area contributed by atoms with E-state index in [0.29, 0.717) is 19.3 Å². The van der Waals surface area contributed by atoms with Crippen LogP contribution in [0.5, 0.6) is 0 Å². The smallest absolute Gasteiger partial charge is 0.0817 e. The molecule has 3 fully saturated rings. The molecule has 2 aliphatic heterocycles. The maximum absolute atomic E-state index is 10.6. The SMILES string of the molecule is CN(CC1(O)CCOCC1)C1CCOC2(CCC2)C1. The lowest BCUT2D eigenvalue weighted by atomic mass is 9.73. The van der Waals surface area contributed by atoms with Crippen LogP contribution in [-0.4, -0.2) is 60.7 Å². The summed E-state index contributed by atoms with van der Waals surface area (Å²) in [7, 11) is 2.16. The Morgan fingerprint density at radius 3 is 2.53 bits per heavy atom. The number of nitrogens with zero attached hydrogens (tertiary/aromatic N) is 1. The van der Waals surface area contributed by atoms with E-state index in [9.17, 15) is 5.11 Å². The van der Waals surface area contributed by atoms with Gasteiger partial charge in [0.2, 0.25) is 0 Å². The fourth-order valence-electron chi connectivity index (χ4n) is 3.80. The molecule has 4 heteroatoms. The van der Waals surface area contributed by atoms with Crippen LogP contribution in [0.15, 0.2) is 0 Å². The Morgan fingerprint density at radius 1 is 1.16 bits per heavy atom. The fraction of sp³-hybridized carbons (Fsp3) is 1.00. The first-order chi connectivity index (χ1) is 9.11. The molecule has 3 aliphatic rings. The predicted octanol–water partition coefficient (Wildman–Crippen LogP) is 1.56. The van der Waals surface area contributed by atoms with Gasteiger partial charge in [-0.1, -0.05) is 0 Å². The molecule has 0 amide bonds. The van der Waals surface area contributed by atoms with Crippen LogP contribution in [0.4, 0.5) is 0 Å². The van der Waals surface area contributed by atoms with Gasteiger partial charge in [0, 0.05) is 45.2 Å². The minimum atomic E-state index is -0.544. The van der Waals surface area contributed by atoms with E-state index in [1.165, 1.54) is 19.3 Å². The summed E-state index contributed by atoms with van der Waals surface area (Å²) >= 11 is 0. The summed E-state index contributed by atoms with van der Waals surface area (Å²) in [4.78, 5) is 2.37. The van der Waals surface area contributed by atoms with Gasteiger partial charge in [-0.15, -0.1) is 0 Å². The number of ether oxygens (including phenoxy) is 2. The van der Waals surface area contributed by atoms with Crippen LogP contribution >= 0.6 is 0 Å². The lowest BCUT2D eigenvalue weighted by Gasteiger charge is -2.50. The highest BCUT2D eigenvalue weighted by atomic mass is 16.5. The van der Waals surface area contributed by atoms with Gasteiger partial charge in [-0.3, -0.25) is 0 Å². The average Bonchev–Trinajstić information content (AvgIpc) is 2.37. The molecule has 1 aliphatic carbocycles. The second-order valence-corrected chi connectivity index (χ2v) is 6.78. The molecule has 0 aromatic carbocycles. The zero-order valence-electron chi connectivity index (χ0n) is 12.1. The number of aliphatic hydroxyl groups is 1. The number of hydrogen-bond acceptors (Lipinski definition) is 4. The molecule has 1 atom stereocenters. The highest BCUT2D eigenvalue weighted by Gasteiger charge is 2.44. The molecule has 2 heterocycles. The van der Waals surface area contributed by atoms with E-state index in [2.05, 4.69) is 11.9 Å². The van der Waals surface area contributed by atoms with Crippen molar-refractivity contribution in [1.29, 1.82) is 0 Å². The third-order valence-electron chi connectivity index (χ3n) is 5.32. The Morgan fingerprint density at radius 2 is 1.89 bits per heavy atom. The third kappa shape index (κ3) is 2.97. The zero-order valence-corrected chi connectivity index (χ0v) is 12.1. The molecule has 4 nitrogen and oxygen atoms in total. The van der Waals surface area contributed by atoms with E-state index < -0.39 is 5.60 Å². The van der Waals surface area contributed by atoms with Gasteiger partial charge in [-0.25, -0.2) is 0 Å². The topological polar surface area (TPSA) is 41.9 Å². The largest absolute Gasteiger partial charge is 0.388 e. The first-order valence-electron chi connectivity index (χ1n) is 7.75. The maximum atomic E-state index is 10.6. The van der Waals surface area contributed by atoms with E-state index in [-0.39, 0.29) is 5.60 Å². The number of hydrogen-bond donors (Lipinski definition) is 1. The van der Waals surface area contributed by atoms with Gasteiger partial charge >= 0.3 is 0 Å². The van der Waals surface area contributed by atoms with Crippen molar-refractivity contribution in [3.8, 4) is 0 Å². The van der Waals surface area contributed by atoms with E-state index in [0.717, 1.165) is 38.8 Å². The summed E-state index contributed by atoms with van der Waals surface area (Å²) < 4.78 is 11.3. The van der Waals surface area contributed by atoms with Crippen LogP contribution in [0, 0.1) is 0 Å². The first kappa shape index (κ1) is 13.8. The van der Waals surface area contributed by atoms with E-state index in [4.69, 9.17) is 9.47 Å². The second-order valence-electron chi connectivity index (χ2n) is 6.78. The molecule has 0 aromatic rings. The monoisotopic (exact) mass is 269 g/mol. The summed E-state index contributed by atoms with van der Waals surface area (Å²) in [5, 5.41) is 10.6. The molecule has 1 N–H and O–H groups in total. The van der Waals surface area contributed by atoms with Crippen molar-refractivity contribution in [2.24, 2.45) is 0 Å². The molecule has 0 aromatic heterocycles. The highest BCUT2D eigenvalue weighted by Crippen LogP contribution is 2.43. The third-order valence-corrected chi connectivity index (χ3v) is 5.32. The molecule has 1 saturated carbocycles. The van der Waals surface area contributed by atoms with Crippen LogP contribution in [0.1, 0.15) is 44.9 Å². The molecule has 1 unspecified atom stereocenters. The van der Waals surface area contributed by atoms with Gasteiger partial charge in [-0.05, 0) is 39.2 Å². The number of rotatable bonds is 3. The van der Waals surface area contributed by atoms with Crippen molar-refractivity contribution in [1.82, 2.24) is 4.90 Å². The summed E-state index contributed by atoms with van der Waals surface area (Å²) in [6.45, 7) is 3.05. The van der Waals surface area contributed by atoms with Crippen LogP contribution < -0.4 is 0 Å². The van der Waals surface area contributed by atoms with Crippen molar-refractivity contribution in [2.75, 3.05) is 33.4 Å². The fourth-order valence-corrected chi connectivity index (χ4v) is 3.80. The van der Waals surface area contributed by atoms with Crippen molar-refractivity contribution in [2.45, 2.75) is 62.2 Å². The minimum absolute atomic E-state index is 0.190. The Kier molecular flexibility index (Phi) is 3.87. The molecule has 3 rings (SSSR count). The summed E-state index contributed by atoms with van der Waals surface area (Å²) in [6.07, 6.45) is 7.57. The molecule has 0 radical (unpaired) electrons. The van der Waals surface area contributed by atoms with Gasteiger partial charge in [0.05, 0.1) is 11.2 Å². The molecular weight excluding hydrogens is 242 g/mol. The lowest BCUT2D eigenvalue weighted by molar-refractivity contribution is -0.154. The maximum Gasteiger partial charge on any atom is 0.0817 e. The van der Waals surface area contributed by atoms with Crippen LogP contribution in [0.2, 0.25) is 0 Å². The van der Waals surface area contributed by atoms with Gasteiger partial charge < -0.3 is 19.5 Å². The van der Waals surface area contributed by atoms with Crippen molar-refractivity contribution in [3.63, 3.8) is 0 Å². The summed E-state index contributed by atoms with van der Waals surface area (Å²) in [5.74, 6) is 0. The standard InChI is InChI=1S/C15H27NO3/c1-16(12-14(17)6-9-18-10-7-14)13-3-8-19-15(11-13)4-2-5-15/h13,17H,2-12H2,1H3. The normalized spacial score (nSPS) is 33.3. The molecule has 2 saturated heterocycles. The van der Waals surface area contributed by atoms with Crippen molar-refractivity contribution < 1.29 is 14.6 Å². The van der Waals surface area contributed by atoms with E-state index >= 15 is 0 Å². The molecule has 19 heavy (non-hydrogen) atoms. The molecule has 0 bridgehead atoms. The highest BCUT2D eigenvalue weighted by molar-refractivity contribution is 4.97. The van der Waals surface area contributed by atoms with Crippen LogP contribution in [0.3, 0.4) is 0 Å². The Hall–Kier alpha value is -0.160.